The molecule has 2 aromatic carbocycles. The number of rotatable bonds is 5. The van der Waals surface area contributed by atoms with Crippen LogP contribution in [0, 0.1) is 3.57 Å². The lowest BCUT2D eigenvalue weighted by Crippen LogP contribution is -2.19. The number of benzene rings is 2. The monoisotopic (exact) mass is 424 g/mol. The largest absolute Gasteiger partial charge is 0.497 e. The molecule has 0 unspecified atom stereocenters. The summed E-state index contributed by atoms with van der Waals surface area (Å²) < 4.78 is 11.5. The first-order chi connectivity index (χ1) is 11.0. The molecular formula is C17H17IN2O3. The van der Waals surface area contributed by atoms with Crippen LogP contribution in [0.2, 0.25) is 0 Å². The number of hydrogen-bond acceptors (Lipinski definition) is 4. The molecule has 0 aliphatic carbocycles. The van der Waals surface area contributed by atoms with Crippen molar-refractivity contribution in [2.75, 3.05) is 14.2 Å². The summed E-state index contributed by atoms with van der Waals surface area (Å²) >= 11 is 2.16. The predicted molar refractivity (Wildman–Crippen MR) is 98.4 cm³/mol. The van der Waals surface area contributed by atoms with Crippen LogP contribution in [0.5, 0.6) is 11.5 Å². The Kier molecular flexibility index (Phi) is 5.97. The number of amides is 1. The highest BCUT2D eigenvalue weighted by molar-refractivity contribution is 14.1. The van der Waals surface area contributed by atoms with E-state index in [1.165, 1.54) is 0 Å². The minimum Gasteiger partial charge on any atom is -0.497 e. The number of ether oxygens (including phenoxy) is 2. The zero-order valence-corrected chi connectivity index (χ0v) is 15.2. The molecule has 0 saturated carbocycles. The Morgan fingerprint density at radius 1 is 1.13 bits per heavy atom. The number of methoxy groups -OCH3 is 2. The van der Waals surface area contributed by atoms with Crippen molar-refractivity contribution >= 4 is 34.2 Å². The lowest BCUT2D eigenvalue weighted by atomic mass is 10.1. The van der Waals surface area contributed by atoms with E-state index in [1.807, 2.05) is 24.3 Å². The third kappa shape index (κ3) is 4.44. The van der Waals surface area contributed by atoms with Gasteiger partial charge in [0.1, 0.15) is 11.5 Å². The Hall–Kier alpha value is -2.09. The topological polar surface area (TPSA) is 59.9 Å². The van der Waals surface area contributed by atoms with Gasteiger partial charge in [0.25, 0.3) is 5.91 Å². The lowest BCUT2D eigenvalue weighted by Gasteiger charge is -2.10. The average Bonchev–Trinajstić information content (AvgIpc) is 2.58. The number of halogens is 1. The van der Waals surface area contributed by atoms with Gasteiger partial charge >= 0.3 is 0 Å². The molecule has 0 aromatic heterocycles. The molecule has 0 atom stereocenters. The van der Waals surface area contributed by atoms with Crippen LogP contribution in [0.4, 0.5) is 0 Å². The van der Waals surface area contributed by atoms with Crippen molar-refractivity contribution < 1.29 is 14.3 Å². The maximum absolute atomic E-state index is 12.1. The summed E-state index contributed by atoms with van der Waals surface area (Å²) in [5, 5.41) is 4.16. The highest BCUT2D eigenvalue weighted by atomic mass is 127. The first-order valence-electron chi connectivity index (χ1n) is 6.87. The molecule has 0 radical (unpaired) electrons. The van der Waals surface area contributed by atoms with Gasteiger partial charge in [-0.2, -0.15) is 5.10 Å². The summed E-state index contributed by atoms with van der Waals surface area (Å²) in [4.78, 5) is 12.1. The fourth-order valence-corrected chi connectivity index (χ4v) is 2.53. The second-order valence-corrected chi connectivity index (χ2v) is 5.96. The lowest BCUT2D eigenvalue weighted by molar-refractivity contribution is 0.0954. The van der Waals surface area contributed by atoms with E-state index in [1.54, 1.807) is 39.3 Å². The van der Waals surface area contributed by atoms with E-state index in [0.29, 0.717) is 22.8 Å². The van der Waals surface area contributed by atoms with E-state index in [9.17, 15) is 4.79 Å². The summed E-state index contributed by atoms with van der Waals surface area (Å²) in [5.41, 5.74) is 4.56. The Balaban J connectivity index is 2.18. The van der Waals surface area contributed by atoms with Crippen molar-refractivity contribution in [3.8, 4) is 11.5 Å². The second-order valence-electron chi connectivity index (χ2n) is 4.71. The summed E-state index contributed by atoms with van der Waals surface area (Å²) in [6.07, 6.45) is 0. The third-order valence-corrected chi connectivity index (χ3v) is 3.88. The molecule has 23 heavy (non-hydrogen) atoms. The SMILES string of the molecule is COc1ccc(/C(C)=N\NC(=O)c2cccc(I)c2)c(OC)c1. The van der Waals surface area contributed by atoms with Crippen molar-refractivity contribution in [1.82, 2.24) is 5.43 Å². The molecule has 120 valence electrons. The predicted octanol–water partition coefficient (Wildman–Crippen LogP) is 3.46. The Bertz CT molecular complexity index is 744. The summed E-state index contributed by atoms with van der Waals surface area (Å²) in [7, 11) is 3.17. The van der Waals surface area contributed by atoms with E-state index in [2.05, 4.69) is 33.1 Å². The average molecular weight is 424 g/mol. The molecule has 1 amide bonds. The minimum atomic E-state index is -0.254. The number of nitrogens with zero attached hydrogens (tertiary/aromatic N) is 1. The van der Waals surface area contributed by atoms with Crippen molar-refractivity contribution in [3.05, 3.63) is 57.2 Å². The summed E-state index contributed by atoms with van der Waals surface area (Å²) in [6.45, 7) is 1.80. The molecule has 0 aliphatic heterocycles. The van der Waals surface area contributed by atoms with Gasteiger partial charge in [0, 0.05) is 20.8 Å². The van der Waals surface area contributed by atoms with Gasteiger partial charge in [-0.25, -0.2) is 5.43 Å². The number of hydrogen-bond donors (Lipinski definition) is 1. The van der Waals surface area contributed by atoms with E-state index in [0.717, 1.165) is 9.13 Å². The van der Waals surface area contributed by atoms with Crippen LogP contribution < -0.4 is 14.9 Å². The first-order valence-corrected chi connectivity index (χ1v) is 7.95. The Labute approximate surface area is 148 Å². The first kappa shape index (κ1) is 17.3. The molecular weight excluding hydrogens is 407 g/mol. The van der Waals surface area contributed by atoms with Gasteiger partial charge < -0.3 is 9.47 Å². The number of hydrazone groups is 1. The zero-order chi connectivity index (χ0) is 16.8. The molecule has 1 N–H and O–H groups in total. The Morgan fingerprint density at radius 3 is 2.57 bits per heavy atom. The zero-order valence-electron chi connectivity index (χ0n) is 13.1. The highest BCUT2D eigenvalue weighted by Crippen LogP contribution is 2.25. The molecule has 2 rings (SSSR count). The number of carbonyl (C=O) groups excluding carboxylic acids is 1. The van der Waals surface area contributed by atoms with Crippen molar-refractivity contribution in [3.63, 3.8) is 0 Å². The maximum atomic E-state index is 12.1. The quantitative estimate of drug-likeness (QED) is 0.455. The molecule has 5 nitrogen and oxygen atoms in total. The number of nitrogens with one attached hydrogen (secondary N) is 1. The molecule has 0 bridgehead atoms. The van der Waals surface area contributed by atoms with Gasteiger partial charge in [0.2, 0.25) is 0 Å². The smallest absolute Gasteiger partial charge is 0.271 e. The second kappa shape index (κ2) is 7.96. The van der Waals surface area contributed by atoms with E-state index in [4.69, 9.17) is 9.47 Å². The third-order valence-electron chi connectivity index (χ3n) is 3.21. The molecule has 6 heteroatoms. The van der Waals surface area contributed by atoms with Gasteiger partial charge in [-0.15, -0.1) is 0 Å². The molecule has 0 saturated heterocycles. The molecule has 2 aromatic rings. The van der Waals surface area contributed by atoms with Crippen LogP contribution in [0.15, 0.2) is 47.6 Å². The normalized spacial score (nSPS) is 11.0. The van der Waals surface area contributed by atoms with Crippen LogP contribution in [-0.4, -0.2) is 25.8 Å². The van der Waals surface area contributed by atoms with Crippen LogP contribution in [0.25, 0.3) is 0 Å². The van der Waals surface area contributed by atoms with Crippen LogP contribution in [-0.2, 0) is 0 Å². The van der Waals surface area contributed by atoms with Gasteiger partial charge in [-0.3, -0.25) is 4.79 Å². The molecule has 0 aliphatic rings. The van der Waals surface area contributed by atoms with Gasteiger partial charge in [-0.1, -0.05) is 6.07 Å². The van der Waals surface area contributed by atoms with Gasteiger partial charge in [-0.05, 0) is 59.8 Å². The number of carbonyl (C=O) groups is 1. The summed E-state index contributed by atoms with van der Waals surface area (Å²) in [5.74, 6) is 1.07. The molecule has 0 spiro atoms. The van der Waals surface area contributed by atoms with Gasteiger partial charge in [0.15, 0.2) is 0 Å². The van der Waals surface area contributed by atoms with E-state index < -0.39 is 0 Å². The standard InChI is InChI=1S/C17H17IN2O3/c1-11(15-8-7-14(22-2)10-16(15)23-3)19-20-17(21)12-5-4-6-13(18)9-12/h4-10H,1-3H3,(H,20,21)/b19-11-. The minimum absolute atomic E-state index is 0.254. The van der Waals surface area contributed by atoms with Crippen molar-refractivity contribution in [2.24, 2.45) is 5.10 Å². The molecule has 0 heterocycles. The van der Waals surface area contributed by atoms with Crippen LogP contribution in [0.3, 0.4) is 0 Å². The van der Waals surface area contributed by atoms with Crippen molar-refractivity contribution in [1.29, 1.82) is 0 Å². The van der Waals surface area contributed by atoms with Crippen LogP contribution in [0.1, 0.15) is 22.8 Å². The van der Waals surface area contributed by atoms with Gasteiger partial charge in [0.05, 0.1) is 19.9 Å². The Morgan fingerprint density at radius 2 is 1.91 bits per heavy atom. The molecule has 0 fully saturated rings. The fraction of sp³-hybridized carbons (Fsp3) is 0.176. The highest BCUT2D eigenvalue weighted by Gasteiger charge is 2.09. The maximum Gasteiger partial charge on any atom is 0.271 e. The van der Waals surface area contributed by atoms with E-state index >= 15 is 0 Å². The van der Waals surface area contributed by atoms with Crippen molar-refractivity contribution in [2.45, 2.75) is 6.92 Å². The fourth-order valence-electron chi connectivity index (χ4n) is 1.99. The summed E-state index contributed by atoms with van der Waals surface area (Å²) in [6, 6.07) is 12.7. The van der Waals surface area contributed by atoms with E-state index in [-0.39, 0.29) is 5.91 Å². The van der Waals surface area contributed by atoms with Crippen LogP contribution >= 0.6 is 22.6 Å².